The highest BCUT2D eigenvalue weighted by molar-refractivity contribution is 7.92. The SMILES string of the molecule is CS(=O)(=O)N1CCCc2cc(C(O)CN3CCC(O)(c4ccc(F)cc4)CC3)ccc21. The van der Waals surface area contributed by atoms with Crippen LogP contribution in [0.1, 0.15) is 42.1 Å². The predicted octanol–water partition coefficient (Wildman–Crippen LogP) is 2.55. The number of aliphatic hydroxyl groups excluding tert-OH is 1. The maximum absolute atomic E-state index is 13.2. The van der Waals surface area contributed by atoms with E-state index in [4.69, 9.17) is 0 Å². The topological polar surface area (TPSA) is 81.1 Å². The predicted molar refractivity (Wildman–Crippen MR) is 118 cm³/mol. The Bertz CT molecular complexity index is 1030. The number of aryl methyl sites for hydroxylation is 1. The Balaban J connectivity index is 1.40. The van der Waals surface area contributed by atoms with Crippen LogP contribution in [0, 0.1) is 5.82 Å². The molecule has 1 unspecified atom stereocenters. The highest BCUT2D eigenvalue weighted by atomic mass is 32.2. The lowest BCUT2D eigenvalue weighted by Gasteiger charge is -2.39. The average Bonchev–Trinajstić information content (AvgIpc) is 2.74. The van der Waals surface area contributed by atoms with E-state index in [1.54, 1.807) is 24.3 Å². The van der Waals surface area contributed by atoms with E-state index >= 15 is 0 Å². The van der Waals surface area contributed by atoms with Crippen LogP contribution in [0.4, 0.5) is 10.1 Å². The van der Waals surface area contributed by atoms with E-state index in [1.807, 2.05) is 6.07 Å². The minimum absolute atomic E-state index is 0.322. The molecule has 1 saturated heterocycles. The molecular formula is C23H29FN2O4S. The van der Waals surface area contributed by atoms with Gasteiger partial charge in [-0.3, -0.25) is 4.31 Å². The molecule has 2 aliphatic heterocycles. The molecule has 1 fully saturated rings. The Kier molecular flexibility index (Phi) is 6.09. The summed E-state index contributed by atoms with van der Waals surface area (Å²) in [6.07, 6.45) is 3.09. The minimum atomic E-state index is -3.31. The van der Waals surface area contributed by atoms with Crippen LogP contribution in [0.15, 0.2) is 42.5 Å². The summed E-state index contributed by atoms with van der Waals surface area (Å²) in [6, 6.07) is 11.5. The molecule has 0 aliphatic carbocycles. The van der Waals surface area contributed by atoms with Crippen molar-refractivity contribution in [3.63, 3.8) is 0 Å². The normalized spacial score (nSPS) is 20.3. The fourth-order valence-electron chi connectivity index (χ4n) is 4.64. The summed E-state index contributed by atoms with van der Waals surface area (Å²) < 4.78 is 38.7. The monoisotopic (exact) mass is 448 g/mol. The van der Waals surface area contributed by atoms with Gasteiger partial charge in [0.15, 0.2) is 0 Å². The highest BCUT2D eigenvalue weighted by Crippen LogP contribution is 2.35. The van der Waals surface area contributed by atoms with Gasteiger partial charge in [-0.15, -0.1) is 0 Å². The van der Waals surface area contributed by atoms with E-state index in [0.29, 0.717) is 44.7 Å². The molecule has 0 radical (unpaired) electrons. The molecule has 0 amide bonds. The lowest BCUT2D eigenvalue weighted by atomic mass is 9.84. The number of likely N-dealkylation sites (tertiary alicyclic amines) is 1. The number of halogens is 1. The van der Waals surface area contributed by atoms with Crippen LogP contribution in [0.2, 0.25) is 0 Å². The number of benzene rings is 2. The molecule has 168 valence electrons. The standard InChI is InChI=1S/C23H29FN2O4S/c1-31(29,30)26-12-2-3-17-15-18(4-9-21(17)26)22(27)16-25-13-10-23(28,11-14-25)19-5-7-20(24)8-6-19/h4-9,15,22,27-28H,2-3,10-14,16H2,1H3. The first-order chi connectivity index (χ1) is 14.7. The smallest absolute Gasteiger partial charge is 0.232 e. The van der Waals surface area contributed by atoms with Gasteiger partial charge in [0.2, 0.25) is 10.0 Å². The lowest BCUT2D eigenvalue weighted by molar-refractivity contribution is -0.0345. The number of fused-ring (bicyclic) bond motifs is 1. The van der Waals surface area contributed by atoms with Crippen molar-refractivity contribution in [3.05, 3.63) is 65.0 Å². The quantitative estimate of drug-likeness (QED) is 0.735. The summed E-state index contributed by atoms with van der Waals surface area (Å²) >= 11 is 0. The first-order valence-electron chi connectivity index (χ1n) is 10.7. The van der Waals surface area contributed by atoms with Gasteiger partial charge in [-0.2, -0.15) is 0 Å². The molecule has 2 heterocycles. The number of rotatable bonds is 5. The number of β-amino-alcohol motifs (C(OH)–C–C–N with tert-alkyl or cyclic N) is 1. The molecule has 0 aromatic heterocycles. The lowest BCUT2D eigenvalue weighted by Crippen LogP contribution is -2.44. The number of nitrogens with zero attached hydrogens (tertiary/aromatic N) is 2. The van der Waals surface area contributed by atoms with E-state index in [9.17, 15) is 23.0 Å². The number of anilines is 1. The number of aliphatic hydroxyl groups is 2. The fourth-order valence-corrected chi connectivity index (χ4v) is 5.63. The van der Waals surface area contributed by atoms with Crippen LogP contribution >= 0.6 is 0 Å². The summed E-state index contributed by atoms with van der Waals surface area (Å²) in [6.45, 7) is 2.17. The zero-order valence-corrected chi connectivity index (χ0v) is 18.5. The van der Waals surface area contributed by atoms with Gasteiger partial charge in [-0.1, -0.05) is 24.3 Å². The fraction of sp³-hybridized carbons (Fsp3) is 0.478. The van der Waals surface area contributed by atoms with Gasteiger partial charge in [0.1, 0.15) is 5.82 Å². The van der Waals surface area contributed by atoms with Crippen LogP contribution < -0.4 is 4.31 Å². The Morgan fingerprint density at radius 1 is 1.10 bits per heavy atom. The Morgan fingerprint density at radius 2 is 1.77 bits per heavy atom. The van der Waals surface area contributed by atoms with E-state index in [2.05, 4.69) is 4.90 Å². The molecular weight excluding hydrogens is 419 g/mol. The molecule has 0 bridgehead atoms. The van der Waals surface area contributed by atoms with Crippen molar-refractivity contribution in [2.24, 2.45) is 0 Å². The third kappa shape index (κ3) is 4.77. The van der Waals surface area contributed by atoms with Crippen molar-refractivity contribution < 1.29 is 23.0 Å². The number of piperidine rings is 1. The molecule has 1 atom stereocenters. The molecule has 2 N–H and O–H groups in total. The number of sulfonamides is 1. The van der Waals surface area contributed by atoms with Crippen molar-refractivity contribution in [3.8, 4) is 0 Å². The van der Waals surface area contributed by atoms with Gasteiger partial charge in [0.05, 0.1) is 23.6 Å². The maximum atomic E-state index is 13.2. The molecule has 6 nitrogen and oxygen atoms in total. The summed E-state index contributed by atoms with van der Waals surface area (Å²) in [7, 11) is -3.31. The van der Waals surface area contributed by atoms with Crippen molar-refractivity contribution >= 4 is 15.7 Å². The maximum Gasteiger partial charge on any atom is 0.232 e. The second-order valence-electron chi connectivity index (χ2n) is 8.68. The molecule has 31 heavy (non-hydrogen) atoms. The number of hydrogen-bond acceptors (Lipinski definition) is 5. The molecule has 0 spiro atoms. The van der Waals surface area contributed by atoms with Crippen molar-refractivity contribution in [2.75, 3.05) is 36.7 Å². The first kappa shape index (κ1) is 22.2. The summed E-state index contributed by atoms with van der Waals surface area (Å²) in [5.41, 5.74) is 2.16. The second kappa shape index (κ2) is 8.50. The molecule has 4 rings (SSSR count). The van der Waals surface area contributed by atoms with Crippen LogP contribution in [-0.4, -0.2) is 56.0 Å². The highest BCUT2D eigenvalue weighted by Gasteiger charge is 2.34. The van der Waals surface area contributed by atoms with Crippen LogP contribution in [0.5, 0.6) is 0 Å². The van der Waals surface area contributed by atoms with Crippen LogP contribution in [0.25, 0.3) is 0 Å². The van der Waals surface area contributed by atoms with Crippen LogP contribution in [-0.2, 0) is 22.0 Å². The molecule has 8 heteroatoms. The van der Waals surface area contributed by atoms with E-state index in [1.165, 1.54) is 22.7 Å². The van der Waals surface area contributed by atoms with Gasteiger partial charge in [-0.05, 0) is 60.6 Å². The summed E-state index contributed by atoms with van der Waals surface area (Å²) in [5, 5.41) is 21.8. The second-order valence-corrected chi connectivity index (χ2v) is 10.6. The Morgan fingerprint density at radius 3 is 2.42 bits per heavy atom. The van der Waals surface area contributed by atoms with Crippen LogP contribution in [0.3, 0.4) is 0 Å². The summed E-state index contributed by atoms with van der Waals surface area (Å²) in [4.78, 5) is 2.12. The van der Waals surface area contributed by atoms with E-state index in [-0.39, 0.29) is 5.82 Å². The zero-order valence-electron chi connectivity index (χ0n) is 17.7. The van der Waals surface area contributed by atoms with Gasteiger partial charge >= 0.3 is 0 Å². The zero-order chi connectivity index (χ0) is 22.2. The first-order valence-corrected chi connectivity index (χ1v) is 12.5. The molecule has 0 saturated carbocycles. The van der Waals surface area contributed by atoms with Gasteiger partial charge in [0.25, 0.3) is 0 Å². The largest absolute Gasteiger partial charge is 0.387 e. The number of hydrogen-bond donors (Lipinski definition) is 2. The third-order valence-corrected chi connectivity index (χ3v) is 7.64. The van der Waals surface area contributed by atoms with E-state index < -0.39 is 21.7 Å². The van der Waals surface area contributed by atoms with Crippen molar-refractivity contribution in [1.82, 2.24) is 4.90 Å². The van der Waals surface area contributed by atoms with E-state index in [0.717, 1.165) is 29.5 Å². The Labute approximate surface area is 183 Å². The molecule has 2 aliphatic rings. The third-order valence-electron chi connectivity index (χ3n) is 6.46. The molecule has 2 aromatic carbocycles. The minimum Gasteiger partial charge on any atom is -0.387 e. The van der Waals surface area contributed by atoms with Crippen molar-refractivity contribution in [1.29, 1.82) is 0 Å². The average molecular weight is 449 g/mol. The molecule has 2 aromatic rings. The van der Waals surface area contributed by atoms with Gasteiger partial charge < -0.3 is 15.1 Å². The van der Waals surface area contributed by atoms with Gasteiger partial charge in [0, 0.05) is 26.2 Å². The van der Waals surface area contributed by atoms with Crippen molar-refractivity contribution in [2.45, 2.75) is 37.4 Å². The Hall–Kier alpha value is -2.00. The summed E-state index contributed by atoms with van der Waals surface area (Å²) in [5.74, 6) is -0.322. The van der Waals surface area contributed by atoms with Gasteiger partial charge in [-0.25, -0.2) is 12.8 Å².